The molecular formula is C15H14N2O5. The van der Waals surface area contributed by atoms with E-state index in [1.54, 1.807) is 18.2 Å². The van der Waals surface area contributed by atoms with E-state index in [1.165, 1.54) is 33.2 Å². The molecule has 2 rings (SSSR count). The number of ether oxygens (including phenoxy) is 1. The van der Waals surface area contributed by atoms with Crippen LogP contribution in [-0.2, 0) is 14.4 Å². The average molecular weight is 302 g/mol. The van der Waals surface area contributed by atoms with Crippen LogP contribution in [0.25, 0.3) is 6.08 Å². The first-order chi connectivity index (χ1) is 10.3. The number of rotatable bonds is 2. The number of carbonyl (C=O) groups excluding carboxylic acids is 4. The molecule has 1 aromatic carbocycles. The summed E-state index contributed by atoms with van der Waals surface area (Å²) < 4.78 is 4.94. The number of amides is 4. The Kier molecular flexibility index (Phi) is 4.07. The lowest BCUT2D eigenvalue weighted by molar-refractivity contribution is -0.134. The zero-order valence-electron chi connectivity index (χ0n) is 12.3. The molecule has 0 N–H and O–H groups in total. The monoisotopic (exact) mass is 302 g/mol. The lowest BCUT2D eigenvalue weighted by Crippen LogP contribution is -2.52. The second kappa shape index (κ2) is 5.80. The highest BCUT2D eigenvalue weighted by Gasteiger charge is 2.37. The number of imide groups is 2. The van der Waals surface area contributed by atoms with Crippen LogP contribution in [0.2, 0.25) is 0 Å². The highest BCUT2D eigenvalue weighted by atomic mass is 16.5. The molecule has 1 aromatic rings. The Bertz CT molecular complexity index is 682. The van der Waals surface area contributed by atoms with Crippen LogP contribution in [0.15, 0.2) is 29.8 Å². The predicted octanol–water partition coefficient (Wildman–Crippen LogP) is 1.05. The van der Waals surface area contributed by atoms with Crippen molar-refractivity contribution in [1.82, 2.24) is 9.80 Å². The lowest BCUT2D eigenvalue weighted by atomic mass is 10.1. The summed E-state index contributed by atoms with van der Waals surface area (Å²) in [6, 6.07) is 5.69. The molecule has 0 unspecified atom stereocenters. The molecule has 1 aliphatic rings. The van der Waals surface area contributed by atoms with Crippen molar-refractivity contribution in [2.75, 3.05) is 14.1 Å². The maximum atomic E-state index is 12.1. The predicted molar refractivity (Wildman–Crippen MR) is 76.7 cm³/mol. The molecule has 1 heterocycles. The summed E-state index contributed by atoms with van der Waals surface area (Å²) >= 11 is 0. The second-order valence-electron chi connectivity index (χ2n) is 4.74. The zero-order valence-corrected chi connectivity index (χ0v) is 12.3. The smallest absolute Gasteiger partial charge is 0.333 e. The zero-order chi connectivity index (χ0) is 16.4. The molecule has 0 aliphatic carbocycles. The van der Waals surface area contributed by atoms with Crippen LogP contribution in [0.3, 0.4) is 0 Å². The number of nitrogens with zero attached hydrogens (tertiary/aromatic N) is 2. The number of barbiturate groups is 1. The van der Waals surface area contributed by atoms with Gasteiger partial charge in [-0.05, 0) is 23.8 Å². The molecule has 1 aliphatic heterocycles. The Morgan fingerprint density at radius 1 is 1.09 bits per heavy atom. The summed E-state index contributed by atoms with van der Waals surface area (Å²) in [6.07, 6.45) is 1.36. The topological polar surface area (TPSA) is 84.0 Å². The molecule has 4 amide bonds. The van der Waals surface area contributed by atoms with Gasteiger partial charge in [-0.25, -0.2) is 4.79 Å². The van der Waals surface area contributed by atoms with Gasteiger partial charge in [0, 0.05) is 21.0 Å². The molecule has 22 heavy (non-hydrogen) atoms. The van der Waals surface area contributed by atoms with Crippen LogP contribution < -0.4 is 4.74 Å². The number of likely N-dealkylation sites (N-methyl/N-ethyl adjacent to an activating group) is 2. The van der Waals surface area contributed by atoms with Gasteiger partial charge in [0.05, 0.1) is 0 Å². The van der Waals surface area contributed by atoms with Gasteiger partial charge in [-0.2, -0.15) is 0 Å². The van der Waals surface area contributed by atoms with E-state index in [-0.39, 0.29) is 5.57 Å². The van der Waals surface area contributed by atoms with E-state index in [1.807, 2.05) is 0 Å². The largest absolute Gasteiger partial charge is 0.427 e. The van der Waals surface area contributed by atoms with Gasteiger partial charge in [0.15, 0.2) is 0 Å². The van der Waals surface area contributed by atoms with Crippen molar-refractivity contribution in [3.05, 3.63) is 35.4 Å². The molecule has 0 atom stereocenters. The van der Waals surface area contributed by atoms with Crippen molar-refractivity contribution in [1.29, 1.82) is 0 Å². The number of urea groups is 1. The van der Waals surface area contributed by atoms with Crippen LogP contribution in [-0.4, -0.2) is 47.7 Å². The Morgan fingerprint density at radius 2 is 1.68 bits per heavy atom. The fourth-order valence-electron chi connectivity index (χ4n) is 1.98. The van der Waals surface area contributed by atoms with E-state index in [4.69, 9.17) is 4.74 Å². The summed E-state index contributed by atoms with van der Waals surface area (Å²) in [5, 5.41) is 0. The maximum Gasteiger partial charge on any atom is 0.333 e. The summed E-state index contributed by atoms with van der Waals surface area (Å²) in [6.45, 7) is 1.27. The van der Waals surface area contributed by atoms with Gasteiger partial charge in [-0.15, -0.1) is 0 Å². The van der Waals surface area contributed by atoms with Crippen LogP contribution in [0.1, 0.15) is 12.5 Å². The molecule has 0 radical (unpaired) electrons. The molecule has 0 bridgehead atoms. The first-order valence-electron chi connectivity index (χ1n) is 6.41. The lowest BCUT2D eigenvalue weighted by Gasteiger charge is -2.28. The number of carbonyl (C=O) groups is 4. The Balaban J connectivity index is 2.39. The summed E-state index contributed by atoms with van der Waals surface area (Å²) in [5.41, 5.74) is 0.371. The molecule has 1 fully saturated rings. The van der Waals surface area contributed by atoms with Gasteiger partial charge >= 0.3 is 12.0 Å². The van der Waals surface area contributed by atoms with Crippen LogP contribution in [0, 0.1) is 0 Å². The van der Waals surface area contributed by atoms with E-state index < -0.39 is 23.8 Å². The van der Waals surface area contributed by atoms with Crippen molar-refractivity contribution in [3.63, 3.8) is 0 Å². The van der Waals surface area contributed by atoms with Crippen molar-refractivity contribution < 1.29 is 23.9 Å². The second-order valence-corrected chi connectivity index (χ2v) is 4.74. The van der Waals surface area contributed by atoms with E-state index >= 15 is 0 Å². The highest BCUT2D eigenvalue weighted by molar-refractivity contribution is 6.30. The fourth-order valence-corrected chi connectivity index (χ4v) is 1.98. The van der Waals surface area contributed by atoms with E-state index in [0.29, 0.717) is 11.3 Å². The van der Waals surface area contributed by atoms with E-state index in [2.05, 4.69) is 0 Å². The number of hydrogen-bond donors (Lipinski definition) is 0. The highest BCUT2D eigenvalue weighted by Crippen LogP contribution is 2.20. The van der Waals surface area contributed by atoms with Crippen molar-refractivity contribution in [2.24, 2.45) is 0 Å². The quantitative estimate of drug-likeness (QED) is 0.353. The maximum absolute atomic E-state index is 12.1. The van der Waals surface area contributed by atoms with Crippen molar-refractivity contribution in [3.8, 4) is 5.75 Å². The van der Waals surface area contributed by atoms with Crippen LogP contribution in [0.4, 0.5) is 4.79 Å². The third-order valence-electron chi connectivity index (χ3n) is 3.07. The average Bonchev–Trinajstić information content (AvgIpc) is 2.47. The van der Waals surface area contributed by atoms with Gasteiger partial charge in [-0.1, -0.05) is 12.1 Å². The first kappa shape index (κ1) is 15.4. The van der Waals surface area contributed by atoms with Gasteiger partial charge in [0.25, 0.3) is 11.8 Å². The van der Waals surface area contributed by atoms with Crippen molar-refractivity contribution >= 4 is 29.9 Å². The minimum atomic E-state index is -0.680. The van der Waals surface area contributed by atoms with Crippen LogP contribution >= 0.6 is 0 Å². The fraction of sp³-hybridized carbons (Fsp3) is 0.200. The third kappa shape index (κ3) is 2.88. The molecule has 0 spiro atoms. The molecule has 7 nitrogen and oxygen atoms in total. The Morgan fingerprint density at radius 3 is 2.23 bits per heavy atom. The number of benzene rings is 1. The van der Waals surface area contributed by atoms with E-state index in [0.717, 1.165) is 9.80 Å². The number of hydrogen-bond acceptors (Lipinski definition) is 5. The normalized spacial score (nSPS) is 15.2. The van der Waals surface area contributed by atoms with Gasteiger partial charge in [-0.3, -0.25) is 24.2 Å². The van der Waals surface area contributed by atoms with Gasteiger partial charge < -0.3 is 4.74 Å². The molecular weight excluding hydrogens is 288 g/mol. The summed E-state index contributed by atoms with van der Waals surface area (Å²) in [5.74, 6) is -1.52. The number of esters is 1. The van der Waals surface area contributed by atoms with E-state index in [9.17, 15) is 19.2 Å². The third-order valence-corrected chi connectivity index (χ3v) is 3.07. The van der Waals surface area contributed by atoms with Crippen molar-refractivity contribution in [2.45, 2.75) is 6.92 Å². The first-order valence-corrected chi connectivity index (χ1v) is 6.41. The minimum Gasteiger partial charge on any atom is -0.427 e. The minimum absolute atomic E-state index is 0.135. The molecule has 0 saturated carbocycles. The summed E-state index contributed by atoms with van der Waals surface area (Å²) in [4.78, 5) is 48.4. The Hall–Kier alpha value is -2.96. The molecule has 7 heteroatoms. The van der Waals surface area contributed by atoms with Gasteiger partial charge in [0.2, 0.25) is 0 Å². The van der Waals surface area contributed by atoms with Crippen LogP contribution in [0.5, 0.6) is 5.75 Å². The SMILES string of the molecule is CC(=O)Oc1cccc(C=C2C(=O)N(C)C(=O)N(C)C2=O)c1. The summed E-state index contributed by atoms with van der Waals surface area (Å²) in [7, 11) is 2.60. The molecule has 1 saturated heterocycles. The molecule has 0 aromatic heterocycles. The standard InChI is InChI=1S/C15H14N2O5/c1-9(18)22-11-6-4-5-10(7-11)8-12-13(19)16(2)15(21)17(3)14(12)20/h4-8H,1-3H3. The molecule has 114 valence electrons. The Labute approximate surface area is 126 Å². The van der Waals surface area contributed by atoms with Gasteiger partial charge in [0.1, 0.15) is 11.3 Å².